The first-order valence-corrected chi connectivity index (χ1v) is 3.40. The van der Waals surface area contributed by atoms with Crippen LogP contribution in [0.15, 0.2) is 5.80 Å². The summed E-state index contributed by atoms with van der Waals surface area (Å²) in [5, 5.41) is 0. The third-order valence-electron chi connectivity index (χ3n) is 1.14. The largest absolute Gasteiger partial charge is 1.00 e. The monoisotopic (exact) mass is 118 g/mol. The van der Waals surface area contributed by atoms with Crippen molar-refractivity contribution in [2.45, 2.75) is 13.8 Å². The fourth-order valence-electron chi connectivity index (χ4n) is 0.459. The van der Waals surface area contributed by atoms with Crippen molar-refractivity contribution >= 4 is 8.19 Å². The summed E-state index contributed by atoms with van der Waals surface area (Å²) in [6.45, 7) is 4.23. The molecule has 0 radical (unpaired) electrons. The zero-order chi connectivity index (χ0) is 5.28. The number of hydrogen-bond acceptors (Lipinski definition) is 0. The van der Waals surface area contributed by atoms with Crippen LogP contribution in [-0.4, -0.2) is 0 Å². The number of aryl methyl sites for hydroxylation is 2. The predicted octanol–water partition coefficient (Wildman–Crippen LogP) is -0.861. The molecule has 8 heavy (non-hydrogen) atoms. The average Bonchev–Trinajstić information content (AvgIpc) is 1.91. The Bertz CT molecular complexity index is 141. The van der Waals surface area contributed by atoms with E-state index in [0.29, 0.717) is 0 Å². The molecule has 0 saturated carbocycles. The van der Waals surface area contributed by atoms with Crippen LogP contribution in [0, 0.1) is 19.6 Å². The van der Waals surface area contributed by atoms with Crippen molar-refractivity contribution < 1.29 is 18.9 Å². The minimum atomic E-state index is 0. The maximum Gasteiger partial charge on any atom is 1.00 e. The molecule has 0 fully saturated rings. The van der Waals surface area contributed by atoms with Gasteiger partial charge >= 0.3 is 18.9 Å². The van der Waals surface area contributed by atoms with Crippen LogP contribution >= 0.6 is 8.19 Å². The van der Waals surface area contributed by atoms with Gasteiger partial charge in [-0.05, 0) is 0 Å². The van der Waals surface area contributed by atoms with E-state index < -0.39 is 0 Å². The van der Waals surface area contributed by atoms with Crippen LogP contribution in [0.3, 0.4) is 0 Å². The summed E-state index contributed by atoms with van der Waals surface area (Å²) in [5.41, 5.74) is 2.73. The van der Waals surface area contributed by atoms with E-state index in [9.17, 15) is 0 Å². The second-order valence-electron chi connectivity index (χ2n) is 1.72. The van der Waals surface area contributed by atoms with E-state index >= 15 is 0 Å². The normalized spacial score (nSPS) is 9.25. The minimum absolute atomic E-state index is 0. The fraction of sp³-hybridized carbons (Fsp3) is 0.333. The molecule has 0 aliphatic rings. The second-order valence-corrected chi connectivity index (χ2v) is 2.55. The van der Waals surface area contributed by atoms with E-state index in [4.69, 9.17) is 0 Å². The third-order valence-corrected chi connectivity index (χ3v) is 2.24. The van der Waals surface area contributed by atoms with Crippen molar-refractivity contribution in [3.05, 3.63) is 22.7 Å². The second kappa shape index (κ2) is 3.41. The summed E-state index contributed by atoms with van der Waals surface area (Å²) < 4.78 is 0. The van der Waals surface area contributed by atoms with Crippen molar-refractivity contribution in [1.82, 2.24) is 0 Å². The van der Waals surface area contributed by atoms with Crippen molar-refractivity contribution in [3.8, 4) is 0 Å². The van der Waals surface area contributed by atoms with Crippen LogP contribution in [-0.2, 0) is 0 Å². The first kappa shape index (κ1) is 8.38. The molecule has 1 atom stereocenters. The van der Waals surface area contributed by atoms with Gasteiger partial charge in [-0.3, -0.25) is 8.19 Å². The fourth-order valence-corrected chi connectivity index (χ4v) is 1.38. The zero-order valence-electron chi connectivity index (χ0n) is 5.58. The Morgan fingerprint density at radius 2 is 2.12 bits per heavy atom. The Labute approximate surface area is 63.9 Å². The Morgan fingerprint density at radius 1 is 1.50 bits per heavy atom. The molecule has 0 aliphatic heterocycles. The zero-order valence-corrected chi connectivity index (χ0v) is 6.58. The van der Waals surface area contributed by atoms with E-state index in [1.165, 1.54) is 11.1 Å². The first-order valence-electron chi connectivity index (χ1n) is 2.33. The molecule has 0 aromatic carbocycles. The van der Waals surface area contributed by atoms with Gasteiger partial charge in [-0.1, -0.05) is 13.8 Å². The molecular formula is C6H8LiP. The third kappa shape index (κ3) is 1.71. The molecule has 0 spiro atoms. The Morgan fingerprint density at radius 3 is 2.25 bits per heavy atom. The van der Waals surface area contributed by atoms with E-state index in [2.05, 4.69) is 25.4 Å². The molecule has 0 N–H and O–H groups in total. The molecule has 1 unspecified atom stereocenters. The molecule has 38 valence electrons. The number of hydrogen-bond donors (Lipinski definition) is 0. The summed E-state index contributed by atoms with van der Waals surface area (Å²) in [6, 6.07) is 0. The summed E-state index contributed by atoms with van der Waals surface area (Å²) >= 11 is 0. The molecule has 0 amide bonds. The Balaban J connectivity index is 0.000000490. The van der Waals surface area contributed by atoms with E-state index in [1.807, 2.05) is 0 Å². The Kier molecular flexibility index (Phi) is 3.57. The van der Waals surface area contributed by atoms with Gasteiger partial charge in [0.1, 0.15) is 0 Å². The molecule has 1 heterocycles. The van der Waals surface area contributed by atoms with Crippen molar-refractivity contribution in [2.24, 2.45) is 0 Å². The van der Waals surface area contributed by atoms with Crippen molar-refractivity contribution in [3.63, 3.8) is 0 Å². The Hall–Kier alpha value is 0.377. The average molecular weight is 118 g/mol. The standard InChI is InChI=1S/C6H8P.Li/c1-5-3-7-4-6(5)2;/h3,7H,1-2H3;/q-1;+1. The van der Waals surface area contributed by atoms with E-state index in [1.54, 1.807) is 0 Å². The topological polar surface area (TPSA) is 0 Å². The van der Waals surface area contributed by atoms with Crippen LogP contribution in [0.5, 0.6) is 0 Å². The SMILES string of the molecule is Cc1[c-][pH]cc1C.[Li+]. The van der Waals surface area contributed by atoms with Gasteiger partial charge in [-0.25, -0.2) is 0 Å². The van der Waals surface area contributed by atoms with Gasteiger partial charge in [-0.2, -0.15) is 22.7 Å². The molecule has 0 aliphatic carbocycles. The van der Waals surface area contributed by atoms with Gasteiger partial charge in [0, 0.05) is 0 Å². The van der Waals surface area contributed by atoms with Crippen LogP contribution in [0.4, 0.5) is 0 Å². The van der Waals surface area contributed by atoms with Crippen LogP contribution in [0.25, 0.3) is 0 Å². The van der Waals surface area contributed by atoms with Crippen molar-refractivity contribution in [2.75, 3.05) is 0 Å². The minimum Gasteiger partial charge on any atom is -0.271 e. The maximum absolute atomic E-state index is 3.22. The smallest absolute Gasteiger partial charge is 0.271 e. The van der Waals surface area contributed by atoms with Gasteiger partial charge in [0.15, 0.2) is 0 Å². The molecule has 0 nitrogen and oxygen atoms in total. The van der Waals surface area contributed by atoms with Gasteiger partial charge < -0.3 is 0 Å². The molecule has 0 bridgehead atoms. The molecule has 2 heteroatoms. The first-order chi connectivity index (χ1) is 3.30. The van der Waals surface area contributed by atoms with Crippen LogP contribution < -0.4 is 18.9 Å². The molecule has 1 rings (SSSR count). The van der Waals surface area contributed by atoms with Crippen LogP contribution in [0.2, 0.25) is 0 Å². The van der Waals surface area contributed by atoms with Crippen LogP contribution in [0.1, 0.15) is 11.1 Å². The van der Waals surface area contributed by atoms with Gasteiger partial charge in [-0.15, -0.1) is 0 Å². The molecular weight excluding hydrogens is 110 g/mol. The van der Waals surface area contributed by atoms with Crippen molar-refractivity contribution in [1.29, 1.82) is 0 Å². The summed E-state index contributed by atoms with van der Waals surface area (Å²) in [4.78, 5) is 0. The molecule has 0 saturated heterocycles. The summed E-state index contributed by atoms with van der Waals surface area (Å²) in [5.74, 6) is 5.44. The van der Waals surface area contributed by atoms with E-state index in [-0.39, 0.29) is 18.9 Å². The molecule has 1 aromatic heterocycles. The summed E-state index contributed by atoms with van der Waals surface area (Å²) in [7, 11) is 0.820. The molecule has 1 aromatic rings. The van der Waals surface area contributed by atoms with Gasteiger partial charge in [0.2, 0.25) is 0 Å². The van der Waals surface area contributed by atoms with E-state index in [0.717, 1.165) is 8.19 Å². The maximum atomic E-state index is 3.22. The van der Waals surface area contributed by atoms with Gasteiger partial charge in [0.25, 0.3) is 0 Å². The summed E-state index contributed by atoms with van der Waals surface area (Å²) in [6.07, 6.45) is 0. The van der Waals surface area contributed by atoms with Gasteiger partial charge in [0.05, 0.1) is 0 Å². The quantitative estimate of drug-likeness (QED) is 0.307. The number of rotatable bonds is 0. The predicted molar refractivity (Wildman–Crippen MR) is 34.3 cm³/mol.